The van der Waals surface area contributed by atoms with E-state index in [9.17, 15) is 0 Å². The van der Waals surface area contributed by atoms with Crippen LogP contribution in [0.3, 0.4) is 0 Å². The molecule has 0 saturated carbocycles. The van der Waals surface area contributed by atoms with Gasteiger partial charge in [-0.3, -0.25) is 0 Å². The summed E-state index contributed by atoms with van der Waals surface area (Å²) in [4.78, 5) is 0. The fourth-order valence-electron chi connectivity index (χ4n) is 2.14. The van der Waals surface area contributed by atoms with E-state index in [4.69, 9.17) is 21.1 Å². The predicted molar refractivity (Wildman–Crippen MR) is 89.7 cm³/mol. The highest BCUT2D eigenvalue weighted by Crippen LogP contribution is 2.31. The van der Waals surface area contributed by atoms with Gasteiger partial charge in [-0.05, 0) is 56.0 Å². The molecule has 0 aliphatic rings. The Bertz CT molecular complexity index is 435. The summed E-state index contributed by atoms with van der Waals surface area (Å²) in [6.45, 7) is 10.9. The van der Waals surface area contributed by atoms with Gasteiger partial charge in [0.05, 0.1) is 0 Å². The molecular weight excluding hydrogens is 286 g/mol. The molecule has 0 bridgehead atoms. The summed E-state index contributed by atoms with van der Waals surface area (Å²) in [6.07, 6.45) is 1.13. The zero-order valence-corrected chi connectivity index (χ0v) is 14.6. The van der Waals surface area contributed by atoms with Crippen molar-refractivity contribution >= 4 is 11.6 Å². The molecule has 1 rings (SSSR count). The van der Waals surface area contributed by atoms with E-state index in [1.54, 1.807) is 7.11 Å². The predicted octanol–water partition coefficient (Wildman–Crippen LogP) is 4.17. The van der Waals surface area contributed by atoms with Crippen LogP contribution in [0.15, 0.2) is 12.1 Å². The quantitative estimate of drug-likeness (QED) is 0.694. The molecule has 3 nitrogen and oxygen atoms in total. The van der Waals surface area contributed by atoms with Crippen LogP contribution in [0.25, 0.3) is 0 Å². The maximum atomic E-state index is 6.29. The topological polar surface area (TPSA) is 30.5 Å². The highest BCUT2D eigenvalue weighted by atomic mass is 35.5. The number of nitrogens with one attached hydrogen (secondary N) is 1. The molecule has 0 saturated heterocycles. The van der Waals surface area contributed by atoms with E-state index in [1.165, 1.54) is 0 Å². The fourth-order valence-corrected chi connectivity index (χ4v) is 2.58. The highest BCUT2D eigenvalue weighted by Gasteiger charge is 2.12. The number of aryl methyl sites for hydroxylation is 1. The second-order valence-electron chi connectivity index (χ2n) is 5.77. The van der Waals surface area contributed by atoms with E-state index in [-0.39, 0.29) is 6.10 Å². The van der Waals surface area contributed by atoms with Gasteiger partial charge in [0, 0.05) is 25.3 Å². The molecule has 1 atom stereocenters. The molecular formula is C17H28ClNO2. The Labute approximate surface area is 134 Å². The first-order valence-corrected chi connectivity index (χ1v) is 7.99. The Hall–Kier alpha value is -0.770. The molecule has 0 amide bonds. The zero-order chi connectivity index (χ0) is 15.8. The molecule has 0 fully saturated rings. The van der Waals surface area contributed by atoms with Crippen LogP contribution in [0.2, 0.25) is 5.02 Å². The lowest BCUT2D eigenvalue weighted by Gasteiger charge is -2.19. The number of ether oxygens (including phenoxy) is 2. The van der Waals surface area contributed by atoms with Crippen LogP contribution in [0.4, 0.5) is 0 Å². The van der Waals surface area contributed by atoms with Gasteiger partial charge in [-0.25, -0.2) is 0 Å². The molecule has 120 valence electrons. The van der Waals surface area contributed by atoms with Crippen molar-refractivity contribution < 1.29 is 9.47 Å². The van der Waals surface area contributed by atoms with Gasteiger partial charge in [-0.2, -0.15) is 0 Å². The van der Waals surface area contributed by atoms with E-state index in [0.717, 1.165) is 48.0 Å². The van der Waals surface area contributed by atoms with Crippen LogP contribution in [0.1, 0.15) is 44.2 Å². The van der Waals surface area contributed by atoms with E-state index in [0.29, 0.717) is 5.92 Å². The third kappa shape index (κ3) is 6.25. The molecule has 0 aliphatic heterocycles. The summed E-state index contributed by atoms with van der Waals surface area (Å²) in [6, 6.07) is 4.06. The molecule has 0 aromatic heterocycles. The molecule has 0 radical (unpaired) electrons. The first-order valence-electron chi connectivity index (χ1n) is 7.62. The van der Waals surface area contributed by atoms with Crippen LogP contribution >= 0.6 is 11.6 Å². The molecule has 0 aliphatic carbocycles. The van der Waals surface area contributed by atoms with Gasteiger partial charge >= 0.3 is 0 Å². The van der Waals surface area contributed by atoms with Crippen LogP contribution in [-0.4, -0.2) is 32.9 Å². The van der Waals surface area contributed by atoms with E-state index in [2.05, 4.69) is 32.2 Å². The minimum absolute atomic E-state index is 0.118. The Morgan fingerprint density at radius 3 is 2.57 bits per heavy atom. The normalized spacial score (nSPS) is 12.7. The van der Waals surface area contributed by atoms with E-state index < -0.39 is 0 Å². The van der Waals surface area contributed by atoms with E-state index in [1.807, 2.05) is 13.0 Å². The van der Waals surface area contributed by atoms with Crippen LogP contribution in [0.5, 0.6) is 5.75 Å². The molecule has 4 heteroatoms. The molecule has 1 N–H and O–H groups in total. The SMILES string of the molecule is COCCCNCC(C)Oc1cc(C(C)C)c(Cl)cc1C. The monoisotopic (exact) mass is 313 g/mol. The summed E-state index contributed by atoms with van der Waals surface area (Å²) in [5.41, 5.74) is 2.22. The van der Waals surface area contributed by atoms with Crippen LogP contribution in [-0.2, 0) is 4.74 Å². The van der Waals surface area contributed by atoms with E-state index >= 15 is 0 Å². The van der Waals surface area contributed by atoms with Crippen molar-refractivity contribution in [3.05, 3.63) is 28.3 Å². The first kappa shape index (κ1) is 18.3. The zero-order valence-electron chi connectivity index (χ0n) is 13.8. The Morgan fingerprint density at radius 1 is 1.24 bits per heavy atom. The third-order valence-electron chi connectivity index (χ3n) is 3.38. The molecule has 0 spiro atoms. The highest BCUT2D eigenvalue weighted by molar-refractivity contribution is 6.31. The minimum Gasteiger partial charge on any atom is -0.489 e. The lowest BCUT2D eigenvalue weighted by Crippen LogP contribution is -2.30. The summed E-state index contributed by atoms with van der Waals surface area (Å²) in [5, 5.41) is 4.20. The lowest BCUT2D eigenvalue weighted by atomic mass is 10.0. The number of methoxy groups -OCH3 is 1. The maximum Gasteiger partial charge on any atom is 0.123 e. The van der Waals surface area contributed by atoms with Crippen molar-refractivity contribution in [2.24, 2.45) is 0 Å². The summed E-state index contributed by atoms with van der Waals surface area (Å²) in [5.74, 6) is 1.32. The Kier molecular flexibility index (Phi) is 8.09. The third-order valence-corrected chi connectivity index (χ3v) is 3.71. The molecule has 0 heterocycles. The average molecular weight is 314 g/mol. The van der Waals surface area contributed by atoms with Crippen molar-refractivity contribution in [2.75, 3.05) is 26.8 Å². The van der Waals surface area contributed by atoms with Gasteiger partial charge in [0.2, 0.25) is 0 Å². The number of hydrogen-bond acceptors (Lipinski definition) is 3. The molecule has 1 unspecified atom stereocenters. The van der Waals surface area contributed by atoms with Crippen molar-refractivity contribution in [3.63, 3.8) is 0 Å². The summed E-state index contributed by atoms with van der Waals surface area (Å²) < 4.78 is 11.1. The average Bonchev–Trinajstić information content (AvgIpc) is 2.41. The van der Waals surface area contributed by atoms with Crippen LogP contribution < -0.4 is 10.1 Å². The van der Waals surface area contributed by atoms with Gasteiger partial charge in [0.15, 0.2) is 0 Å². The largest absolute Gasteiger partial charge is 0.489 e. The van der Waals surface area contributed by atoms with Gasteiger partial charge in [-0.15, -0.1) is 0 Å². The fraction of sp³-hybridized carbons (Fsp3) is 0.647. The summed E-state index contributed by atoms with van der Waals surface area (Å²) in [7, 11) is 1.72. The maximum absolute atomic E-state index is 6.29. The summed E-state index contributed by atoms with van der Waals surface area (Å²) >= 11 is 6.29. The molecule has 21 heavy (non-hydrogen) atoms. The second-order valence-corrected chi connectivity index (χ2v) is 6.18. The standard InChI is InChI=1S/C17H28ClNO2/c1-12(2)15-10-17(13(3)9-16(15)18)21-14(4)11-19-7-6-8-20-5/h9-10,12,14,19H,6-8,11H2,1-5H3. The Morgan fingerprint density at radius 2 is 1.95 bits per heavy atom. The minimum atomic E-state index is 0.118. The van der Waals surface area contributed by atoms with Crippen molar-refractivity contribution in [1.82, 2.24) is 5.32 Å². The lowest BCUT2D eigenvalue weighted by molar-refractivity contribution is 0.188. The first-order chi connectivity index (χ1) is 9.95. The van der Waals surface area contributed by atoms with Crippen molar-refractivity contribution in [2.45, 2.75) is 46.1 Å². The van der Waals surface area contributed by atoms with Crippen molar-refractivity contribution in [3.8, 4) is 5.75 Å². The number of halogens is 1. The smallest absolute Gasteiger partial charge is 0.123 e. The van der Waals surface area contributed by atoms with Gasteiger partial charge in [0.25, 0.3) is 0 Å². The second kappa shape index (κ2) is 9.29. The number of benzene rings is 1. The molecule has 1 aromatic carbocycles. The van der Waals surface area contributed by atoms with Crippen LogP contribution in [0, 0.1) is 6.92 Å². The molecule has 1 aromatic rings. The van der Waals surface area contributed by atoms with Crippen molar-refractivity contribution in [1.29, 1.82) is 0 Å². The number of hydrogen-bond donors (Lipinski definition) is 1. The Balaban J connectivity index is 2.55. The van der Waals surface area contributed by atoms with Gasteiger partial charge < -0.3 is 14.8 Å². The number of rotatable bonds is 9. The van der Waals surface area contributed by atoms with Gasteiger partial charge in [0.1, 0.15) is 11.9 Å². The van der Waals surface area contributed by atoms with Gasteiger partial charge in [-0.1, -0.05) is 25.4 Å².